The van der Waals surface area contributed by atoms with E-state index in [1.165, 1.54) is 49.9 Å². The van der Waals surface area contributed by atoms with E-state index in [0.29, 0.717) is 20.1 Å². The maximum atomic E-state index is 12.3. The minimum absolute atomic E-state index is 0.159. The third-order valence-electron chi connectivity index (χ3n) is 5.50. The molecule has 6 nitrogen and oxygen atoms in total. The second kappa shape index (κ2) is 9.87. The molecule has 0 aromatic heterocycles. The summed E-state index contributed by atoms with van der Waals surface area (Å²) >= 11 is 6.43. The van der Waals surface area contributed by atoms with Crippen LogP contribution in [0.1, 0.15) is 25.7 Å². The van der Waals surface area contributed by atoms with E-state index in [0.717, 1.165) is 26.4 Å². The minimum Gasteiger partial charge on any atom is -0.381 e. The molecule has 0 saturated carbocycles. The summed E-state index contributed by atoms with van der Waals surface area (Å²) < 4.78 is 10.8. The van der Waals surface area contributed by atoms with Crippen molar-refractivity contribution in [1.82, 2.24) is 0 Å². The third-order valence-corrected chi connectivity index (χ3v) is 6.42. The van der Waals surface area contributed by atoms with Crippen LogP contribution in [-0.4, -0.2) is 26.4 Å². The molecule has 6 rings (SSSR count). The van der Waals surface area contributed by atoms with Crippen molar-refractivity contribution in [3.05, 3.63) is 74.1 Å². The summed E-state index contributed by atoms with van der Waals surface area (Å²) in [5.41, 5.74) is -1.91. The first-order valence-electron chi connectivity index (χ1n) is 10.4. The van der Waals surface area contributed by atoms with Gasteiger partial charge < -0.3 is 9.47 Å². The number of halogens is 2. The summed E-state index contributed by atoms with van der Waals surface area (Å²) in [6.07, 6.45) is 5.11. The van der Waals surface area contributed by atoms with Gasteiger partial charge in [0.2, 0.25) is 21.7 Å². The summed E-state index contributed by atoms with van der Waals surface area (Å²) in [7, 11) is 0. The van der Waals surface area contributed by atoms with Gasteiger partial charge in [-0.15, -0.1) is 0 Å². The normalized spacial score (nSPS) is 15.7. The molecule has 2 fully saturated rings. The van der Waals surface area contributed by atoms with E-state index < -0.39 is 21.7 Å². The van der Waals surface area contributed by atoms with Gasteiger partial charge in [0.25, 0.3) is 0 Å². The monoisotopic (exact) mass is 562 g/mol. The van der Waals surface area contributed by atoms with E-state index in [1.807, 2.05) is 0 Å². The van der Waals surface area contributed by atoms with Gasteiger partial charge in [-0.25, -0.2) is 0 Å². The molecule has 32 heavy (non-hydrogen) atoms. The zero-order valence-electron chi connectivity index (χ0n) is 17.2. The number of benzene rings is 4. The number of hydrogen-bond acceptors (Lipinski definition) is 6. The van der Waals surface area contributed by atoms with E-state index >= 15 is 0 Å². The Bertz CT molecular complexity index is 1210. The predicted molar refractivity (Wildman–Crippen MR) is 132 cm³/mol. The van der Waals surface area contributed by atoms with E-state index in [4.69, 9.17) is 9.47 Å². The van der Waals surface area contributed by atoms with Crippen molar-refractivity contribution in [2.24, 2.45) is 0 Å². The maximum absolute atomic E-state index is 12.3. The molecule has 0 bridgehead atoms. The summed E-state index contributed by atoms with van der Waals surface area (Å²) in [4.78, 5) is 49.3. The van der Waals surface area contributed by atoms with Crippen LogP contribution in [0.4, 0.5) is 0 Å². The molecule has 2 aromatic carbocycles. The second-order valence-corrected chi connectivity index (χ2v) is 9.54. The van der Waals surface area contributed by atoms with Gasteiger partial charge in [0.15, 0.2) is 0 Å². The molecule has 2 aromatic rings. The van der Waals surface area contributed by atoms with Crippen LogP contribution in [0.3, 0.4) is 0 Å². The molecule has 8 heteroatoms. The summed E-state index contributed by atoms with van der Waals surface area (Å²) in [5.74, 6) is 0. The quantitative estimate of drug-likeness (QED) is 0.238. The molecule has 0 unspecified atom stereocenters. The van der Waals surface area contributed by atoms with Crippen LogP contribution >= 0.6 is 31.9 Å². The first-order chi connectivity index (χ1) is 15.4. The van der Waals surface area contributed by atoms with Gasteiger partial charge in [0.1, 0.15) is 0 Å². The molecule has 166 valence electrons. The van der Waals surface area contributed by atoms with Gasteiger partial charge in [0.05, 0.1) is 0 Å². The van der Waals surface area contributed by atoms with Crippen LogP contribution in [0.2, 0.25) is 0 Å². The second-order valence-electron chi connectivity index (χ2n) is 7.71. The number of hydrogen-bond donors (Lipinski definition) is 0. The van der Waals surface area contributed by atoms with Gasteiger partial charge in [-0.05, 0) is 49.9 Å². The van der Waals surface area contributed by atoms with Crippen LogP contribution < -0.4 is 21.7 Å². The number of rotatable bonds is 0. The molecule has 0 spiro atoms. The molecule has 0 N–H and O–H groups in total. The zero-order valence-corrected chi connectivity index (χ0v) is 20.3. The Morgan fingerprint density at radius 2 is 0.750 bits per heavy atom. The highest BCUT2D eigenvalue weighted by Gasteiger charge is 2.25. The van der Waals surface area contributed by atoms with Crippen molar-refractivity contribution in [3.8, 4) is 11.1 Å². The lowest BCUT2D eigenvalue weighted by molar-refractivity contribution is 0.198. The average molecular weight is 564 g/mol. The molecule has 0 atom stereocenters. The lowest BCUT2D eigenvalue weighted by atomic mass is 9.87. The fourth-order valence-corrected chi connectivity index (χ4v) is 4.89. The van der Waals surface area contributed by atoms with E-state index in [9.17, 15) is 19.2 Å². The minimum atomic E-state index is -0.670. The van der Waals surface area contributed by atoms with Crippen LogP contribution in [0.15, 0.2) is 52.4 Å². The fraction of sp³-hybridized carbons (Fsp3) is 0.333. The topological polar surface area (TPSA) is 86.7 Å². The fourth-order valence-electron chi connectivity index (χ4n) is 3.98. The molecule has 0 radical (unpaired) electrons. The Morgan fingerprint density at radius 1 is 0.500 bits per heavy atom. The van der Waals surface area contributed by atoms with Crippen molar-refractivity contribution in [1.29, 1.82) is 0 Å². The molecule has 2 aliphatic heterocycles. The molecular formula is C24H20Br2O6. The van der Waals surface area contributed by atoms with Crippen LogP contribution in [0.5, 0.6) is 0 Å². The molecule has 2 heterocycles. The van der Waals surface area contributed by atoms with Crippen LogP contribution in [0, 0.1) is 0 Å². The largest absolute Gasteiger partial charge is 0.381 e. The third kappa shape index (κ3) is 4.41. The van der Waals surface area contributed by atoms with E-state index in [-0.39, 0.29) is 21.5 Å². The Hall–Kier alpha value is -2.00. The highest BCUT2D eigenvalue weighted by molar-refractivity contribution is 9.10. The Morgan fingerprint density at radius 3 is 0.938 bits per heavy atom. The van der Waals surface area contributed by atoms with Crippen molar-refractivity contribution in [2.45, 2.75) is 25.7 Å². The predicted octanol–water partition coefficient (Wildman–Crippen LogP) is 3.97. The van der Waals surface area contributed by atoms with Crippen molar-refractivity contribution < 1.29 is 9.47 Å². The van der Waals surface area contributed by atoms with Crippen molar-refractivity contribution in [2.75, 3.05) is 26.4 Å². The first-order valence-corrected chi connectivity index (χ1v) is 12.0. The van der Waals surface area contributed by atoms with E-state index in [2.05, 4.69) is 31.9 Å². The van der Waals surface area contributed by atoms with Gasteiger partial charge in [-0.2, -0.15) is 0 Å². The van der Waals surface area contributed by atoms with Gasteiger partial charge in [-0.1, -0.05) is 31.9 Å². The highest BCUT2D eigenvalue weighted by atomic mass is 79.9. The smallest absolute Gasteiger partial charge is 0.234 e. The summed E-state index contributed by atoms with van der Waals surface area (Å²) in [5, 5.41) is 0.634. The standard InChI is InChI=1S/C16H4Br2O4.2C4H8O/c17-5-1-7-11-8(2-5)15(21)16(22)10-4-6(18)3-9(12(10)11)14(20)13(7)19;2*1-2-4-5-3-1/h1-4H;2*1-4H2. The van der Waals surface area contributed by atoms with Crippen molar-refractivity contribution in [3.63, 3.8) is 0 Å². The van der Waals surface area contributed by atoms with Gasteiger partial charge in [-0.3, -0.25) is 19.2 Å². The van der Waals surface area contributed by atoms with Crippen LogP contribution in [-0.2, 0) is 9.47 Å². The van der Waals surface area contributed by atoms with E-state index in [1.54, 1.807) is 0 Å². The Balaban J connectivity index is 0.000000201. The first kappa shape index (κ1) is 23.2. The Kier molecular flexibility index (Phi) is 7.14. The zero-order chi connectivity index (χ0) is 22.8. The van der Waals surface area contributed by atoms with Gasteiger partial charge >= 0.3 is 0 Å². The van der Waals surface area contributed by atoms with Gasteiger partial charge in [0, 0.05) is 68.0 Å². The SMILES string of the molecule is C1CCOC1.C1CCOC1.O=c1c(=O)c2cc(Br)cc3c2-c2c1cc(Br)cc2c(=O)c3=O. The van der Waals surface area contributed by atoms with Crippen molar-refractivity contribution >= 4 is 53.4 Å². The molecule has 0 amide bonds. The maximum Gasteiger partial charge on any atom is 0.234 e. The average Bonchev–Trinajstić information content (AvgIpc) is 3.53. The lowest BCUT2D eigenvalue weighted by Gasteiger charge is -2.14. The molecule has 4 aliphatic rings. The molecular weight excluding hydrogens is 544 g/mol. The lowest BCUT2D eigenvalue weighted by Crippen LogP contribution is -2.31. The summed E-state index contributed by atoms with van der Waals surface area (Å²) in [6.45, 7) is 4.00. The summed E-state index contributed by atoms with van der Waals surface area (Å²) in [6, 6.07) is 6.04. The molecule has 2 saturated heterocycles. The number of ether oxygens (including phenoxy) is 2. The highest BCUT2D eigenvalue weighted by Crippen LogP contribution is 2.37. The molecule has 2 aliphatic carbocycles. The Labute approximate surface area is 199 Å². The van der Waals surface area contributed by atoms with Crippen LogP contribution in [0.25, 0.3) is 32.7 Å².